The number of benzene rings is 2. The van der Waals surface area contributed by atoms with Crippen molar-refractivity contribution in [1.29, 1.82) is 0 Å². The Kier molecular flexibility index (Phi) is 5.03. The summed E-state index contributed by atoms with van der Waals surface area (Å²) in [7, 11) is 4.81. The Labute approximate surface area is 145 Å². The molecule has 0 fully saturated rings. The molecule has 0 spiro atoms. The maximum absolute atomic E-state index is 5.70. The summed E-state index contributed by atoms with van der Waals surface area (Å²) < 4.78 is 21.4. The van der Waals surface area contributed by atoms with Crippen molar-refractivity contribution in [2.45, 2.75) is 6.54 Å². The third-order valence-electron chi connectivity index (χ3n) is 3.63. The molecule has 0 radical (unpaired) electrons. The van der Waals surface area contributed by atoms with Crippen molar-refractivity contribution in [3.05, 3.63) is 48.4 Å². The number of nitrogens with zero attached hydrogens (tertiary/aromatic N) is 2. The molecule has 0 saturated heterocycles. The van der Waals surface area contributed by atoms with Gasteiger partial charge in [-0.3, -0.25) is 0 Å². The lowest BCUT2D eigenvalue weighted by Gasteiger charge is -2.07. The zero-order valence-corrected chi connectivity index (χ0v) is 14.3. The van der Waals surface area contributed by atoms with Gasteiger partial charge >= 0.3 is 0 Å². The molecule has 0 bridgehead atoms. The fraction of sp³-hybridized carbons (Fsp3) is 0.222. The Morgan fingerprint density at radius 1 is 0.880 bits per heavy atom. The first-order chi connectivity index (χ1) is 12.2. The van der Waals surface area contributed by atoms with Gasteiger partial charge in [-0.15, -0.1) is 10.2 Å². The van der Waals surface area contributed by atoms with E-state index in [0.29, 0.717) is 29.8 Å². The van der Waals surface area contributed by atoms with Crippen molar-refractivity contribution in [2.24, 2.45) is 0 Å². The zero-order chi connectivity index (χ0) is 17.6. The molecule has 25 heavy (non-hydrogen) atoms. The van der Waals surface area contributed by atoms with E-state index >= 15 is 0 Å². The molecule has 130 valence electrons. The monoisotopic (exact) mass is 341 g/mol. The van der Waals surface area contributed by atoms with Crippen LogP contribution in [0.3, 0.4) is 0 Å². The first-order valence-electron chi connectivity index (χ1n) is 7.66. The number of nitrogens with one attached hydrogen (secondary N) is 1. The average Bonchev–Trinajstić information content (AvgIpc) is 3.15. The number of hydrogen-bond acceptors (Lipinski definition) is 7. The first kappa shape index (κ1) is 16.6. The van der Waals surface area contributed by atoms with Crippen LogP contribution in [-0.2, 0) is 6.54 Å². The van der Waals surface area contributed by atoms with Crippen LogP contribution in [0.4, 0.5) is 5.69 Å². The summed E-state index contributed by atoms with van der Waals surface area (Å²) in [5.74, 6) is 2.97. The molecule has 0 unspecified atom stereocenters. The Morgan fingerprint density at radius 2 is 1.64 bits per heavy atom. The standard InChI is InChI=1S/C18H19N3O4/c1-22-14-7-5-13(6-8-14)19-11-17-20-21-18(25-17)12-4-9-15(23-2)16(10-12)24-3/h4-10,19H,11H2,1-3H3. The minimum atomic E-state index is 0.423. The quantitative estimate of drug-likeness (QED) is 0.706. The normalized spacial score (nSPS) is 10.4. The van der Waals surface area contributed by atoms with Crippen LogP contribution in [0, 0.1) is 0 Å². The fourth-order valence-electron chi connectivity index (χ4n) is 2.30. The van der Waals surface area contributed by atoms with E-state index in [9.17, 15) is 0 Å². The molecule has 1 aromatic heterocycles. The van der Waals surface area contributed by atoms with E-state index in [1.165, 1.54) is 0 Å². The number of anilines is 1. The Hall–Kier alpha value is -3.22. The third kappa shape index (κ3) is 3.82. The molecule has 2 aromatic carbocycles. The van der Waals surface area contributed by atoms with Crippen molar-refractivity contribution < 1.29 is 18.6 Å². The molecule has 0 aliphatic carbocycles. The predicted molar refractivity (Wildman–Crippen MR) is 93.2 cm³/mol. The summed E-state index contributed by atoms with van der Waals surface area (Å²) in [6.45, 7) is 0.423. The molecule has 3 aromatic rings. The van der Waals surface area contributed by atoms with Gasteiger partial charge in [-0.05, 0) is 42.5 Å². The molecule has 1 heterocycles. The summed E-state index contributed by atoms with van der Waals surface area (Å²) in [5, 5.41) is 11.4. The van der Waals surface area contributed by atoms with Crippen LogP contribution in [0.25, 0.3) is 11.5 Å². The van der Waals surface area contributed by atoms with E-state index in [4.69, 9.17) is 18.6 Å². The smallest absolute Gasteiger partial charge is 0.247 e. The molecule has 0 aliphatic heterocycles. The van der Waals surface area contributed by atoms with E-state index in [-0.39, 0.29) is 0 Å². The van der Waals surface area contributed by atoms with Gasteiger partial charge in [-0.2, -0.15) is 0 Å². The molecule has 0 amide bonds. The van der Waals surface area contributed by atoms with E-state index < -0.39 is 0 Å². The van der Waals surface area contributed by atoms with Crippen LogP contribution < -0.4 is 19.5 Å². The molecule has 1 N–H and O–H groups in total. The Morgan fingerprint density at radius 3 is 2.32 bits per heavy atom. The molecule has 7 nitrogen and oxygen atoms in total. The summed E-state index contributed by atoms with van der Waals surface area (Å²) in [5.41, 5.74) is 1.70. The summed E-state index contributed by atoms with van der Waals surface area (Å²) in [6, 6.07) is 13.0. The van der Waals surface area contributed by atoms with Gasteiger partial charge in [0.25, 0.3) is 0 Å². The third-order valence-corrected chi connectivity index (χ3v) is 3.63. The summed E-state index contributed by atoms with van der Waals surface area (Å²) >= 11 is 0. The van der Waals surface area contributed by atoms with E-state index in [2.05, 4.69) is 15.5 Å². The fourth-order valence-corrected chi connectivity index (χ4v) is 2.30. The van der Waals surface area contributed by atoms with Crippen molar-refractivity contribution in [2.75, 3.05) is 26.6 Å². The molecule has 0 aliphatic rings. The molecule has 3 rings (SSSR count). The number of ether oxygens (including phenoxy) is 3. The highest BCUT2D eigenvalue weighted by atomic mass is 16.5. The van der Waals surface area contributed by atoms with E-state index in [0.717, 1.165) is 17.0 Å². The highest BCUT2D eigenvalue weighted by Crippen LogP contribution is 2.31. The highest BCUT2D eigenvalue weighted by Gasteiger charge is 2.12. The van der Waals surface area contributed by atoms with Crippen LogP contribution in [0.2, 0.25) is 0 Å². The van der Waals surface area contributed by atoms with Crippen molar-refractivity contribution >= 4 is 5.69 Å². The van der Waals surface area contributed by atoms with Crippen LogP contribution in [-0.4, -0.2) is 31.5 Å². The second-order valence-corrected chi connectivity index (χ2v) is 5.15. The highest BCUT2D eigenvalue weighted by molar-refractivity contribution is 5.59. The van der Waals surface area contributed by atoms with Crippen LogP contribution >= 0.6 is 0 Å². The number of rotatable bonds is 7. The lowest BCUT2D eigenvalue weighted by molar-refractivity contribution is 0.355. The maximum atomic E-state index is 5.70. The predicted octanol–water partition coefficient (Wildman–Crippen LogP) is 3.37. The van der Waals surface area contributed by atoms with Gasteiger partial charge < -0.3 is 23.9 Å². The van der Waals surface area contributed by atoms with Gasteiger partial charge in [0.05, 0.1) is 27.9 Å². The number of methoxy groups -OCH3 is 3. The SMILES string of the molecule is COc1ccc(NCc2nnc(-c3ccc(OC)c(OC)c3)o2)cc1. The Balaban J connectivity index is 1.69. The molecular formula is C18H19N3O4. The minimum Gasteiger partial charge on any atom is -0.497 e. The van der Waals surface area contributed by atoms with Gasteiger partial charge in [-0.25, -0.2) is 0 Å². The van der Waals surface area contributed by atoms with Crippen LogP contribution in [0.15, 0.2) is 46.9 Å². The average molecular weight is 341 g/mol. The van der Waals surface area contributed by atoms with Crippen LogP contribution in [0.1, 0.15) is 5.89 Å². The minimum absolute atomic E-state index is 0.423. The van der Waals surface area contributed by atoms with Gasteiger partial charge in [0.1, 0.15) is 5.75 Å². The zero-order valence-electron chi connectivity index (χ0n) is 14.3. The number of hydrogen-bond donors (Lipinski definition) is 1. The van der Waals surface area contributed by atoms with Crippen molar-refractivity contribution in [3.63, 3.8) is 0 Å². The van der Waals surface area contributed by atoms with Gasteiger partial charge in [0, 0.05) is 11.3 Å². The van der Waals surface area contributed by atoms with E-state index in [1.54, 1.807) is 33.5 Å². The molecule has 0 atom stereocenters. The second kappa shape index (κ2) is 7.57. The van der Waals surface area contributed by atoms with Gasteiger partial charge in [0.2, 0.25) is 11.8 Å². The lowest BCUT2D eigenvalue weighted by Crippen LogP contribution is -1.99. The van der Waals surface area contributed by atoms with Crippen molar-refractivity contribution in [3.8, 4) is 28.7 Å². The van der Waals surface area contributed by atoms with Gasteiger partial charge in [-0.1, -0.05) is 0 Å². The summed E-state index contributed by atoms with van der Waals surface area (Å²) in [6.07, 6.45) is 0. The lowest BCUT2D eigenvalue weighted by atomic mass is 10.2. The van der Waals surface area contributed by atoms with E-state index in [1.807, 2.05) is 30.3 Å². The topological polar surface area (TPSA) is 78.6 Å². The Bertz CT molecular complexity index is 831. The number of aromatic nitrogens is 2. The molecule has 7 heteroatoms. The van der Waals surface area contributed by atoms with Crippen LogP contribution in [0.5, 0.6) is 17.2 Å². The molecule has 0 saturated carbocycles. The maximum Gasteiger partial charge on any atom is 0.247 e. The summed E-state index contributed by atoms with van der Waals surface area (Å²) in [4.78, 5) is 0. The first-order valence-corrected chi connectivity index (χ1v) is 7.66. The largest absolute Gasteiger partial charge is 0.497 e. The van der Waals surface area contributed by atoms with Crippen molar-refractivity contribution in [1.82, 2.24) is 10.2 Å². The molecular weight excluding hydrogens is 322 g/mol. The van der Waals surface area contributed by atoms with Gasteiger partial charge in [0.15, 0.2) is 11.5 Å². The second-order valence-electron chi connectivity index (χ2n) is 5.15.